The third kappa shape index (κ3) is 4.41. The van der Waals surface area contributed by atoms with Crippen LogP contribution in [-0.4, -0.2) is 55.5 Å². The van der Waals surface area contributed by atoms with Gasteiger partial charge in [0.2, 0.25) is 0 Å². The van der Waals surface area contributed by atoms with Crippen LogP contribution in [0.1, 0.15) is 39.2 Å². The van der Waals surface area contributed by atoms with E-state index in [9.17, 15) is 0 Å². The van der Waals surface area contributed by atoms with Gasteiger partial charge in [-0.1, -0.05) is 6.92 Å². The highest BCUT2D eigenvalue weighted by atomic mass is 16.5. The summed E-state index contributed by atoms with van der Waals surface area (Å²) in [6.07, 6.45) is 3.03. The molecule has 3 heterocycles. The predicted octanol–water partition coefficient (Wildman–Crippen LogP) is 3.42. The third-order valence-corrected chi connectivity index (χ3v) is 6.17. The molecule has 6 nitrogen and oxygen atoms in total. The molecular weight excluding hydrogens is 364 g/mol. The van der Waals surface area contributed by atoms with Crippen LogP contribution in [0.5, 0.6) is 11.5 Å². The van der Waals surface area contributed by atoms with Gasteiger partial charge in [-0.25, -0.2) is 0 Å². The molecule has 156 valence electrons. The van der Waals surface area contributed by atoms with E-state index in [-0.39, 0.29) is 6.10 Å². The van der Waals surface area contributed by atoms with Gasteiger partial charge in [0.1, 0.15) is 29.3 Å². The number of benzene rings is 1. The lowest BCUT2D eigenvalue weighted by atomic mass is 10.0. The summed E-state index contributed by atoms with van der Waals surface area (Å²) in [6, 6.07) is 6.14. The first-order valence-corrected chi connectivity index (χ1v) is 10.7. The molecule has 1 fully saturated rings. The molecule has 3 aliphatic heterocycles. The van der Waals surface area contributed by atoms with Gasteiger partial charge in [0.25, 0.3) is 0 Å². The smallest absolute Gasteiger partial charge is 0.124 e. The standard InChI is InChI=1S/C23H32N4O2/c1-15-13-25-23(26-14-15)17(3)16(2)22(24)27-9-6-19(7-10-27)29-20-4-5-21-18(12-20)8-11-28-21/h4-5,12,15,19,24H,6-11,13-14H2,1-3H3,(H,25,26)/b17-16-,24-22?. The zero-order valence-corrected chi connectivity index (χ0v) is 17.8. The highest BCUT2D eigenvalue weighted by Gasteiger charge is 2.25. The molecule has 0 radical (unpaired) electrons. The van der Waals surface area contributed by atoms with E-state index in [1.807, 2.05) is 19.1 Å². The molecule has 0 saturated carbocycles. The van der Waals surface area contributed by atoms with Crippen molar-refractivity contribution in [1.82, 2.24) is 10.2 Å². The van der Waals surface area contributed by atoms with Crippen molar-refractivity contribution in [3.63, 3.8) is 0 Å². The Bertz CT molecular complexity index is 837. The Hall–Kier alpha value is -2.50. The summed E-state index contributed by atoms with van der Waals surface area (Å²) in [6.45, 7) is 10.6. The Kier molecular flexibility index (Phi) is 5.79. The van der Waals surface area contributed by atoms with Crippen LogP contribution in [0.2, 0.25) is 0 Å². The van der Waals surface area contributed by atoms with Gasteiger partial charge in [0.05, 0.1) is 6.61 Å². The highest BCUT2D eigenvalue weighted by Crippen LogP contribution is 2.30. The van der Waals surface area contributed by atoms with E-state index in [2.05, 4.69) is 35.1 Å². The Morgan fingerprint density at radius 1 is 1.28 bits per heavy atom. The van der Waals surface area contributed by atoms with Gasteiger partial charge in [-0.3, -0.25) is 10.4 Å². The van der Waals surface area contributed by atoms with Crippen LogP contribution < -0.4 is 14.8 Å². The summed E-state index contributed by atoms with van der Waals surface area (Å²) in [4.78, 5) is 6.81. The topological polar surface area (TPSA) is 69.9 Å². The minimum atomic E-state index is 0.204. The number of nitrogens with one attached hydrogen (secondary N) is 2. The molecule has 0 spiro atoms. The molecule has 0 aliphatic carbocycles. The summed E-state index contributed by atoms with van der Waals surface area (Å²) in [5, 5.41) is 12.1. The van der Waals surface area contributed by atoms with Crippen LogP contribution in [-0.2, 0) is 6.42 Å². The van der Waals surface area contributed by atoms with Crippen LogP contribution in [0.25, 0.3) is 0 Å². The Morgan fingerprint density at radius 2 is 2.07 bits per heavy atom. The predicted molar refractivity (Wildman–Crippen MR) is 116 cm³/mol. The fraction of sp³-hybridized carbons (Fsp3) is 0.565. The van der Waals surface area contributed by atoms with E-state index < -0.39 is 0 Å². The maximum absolute atomic E-state index is 8.68. The molecule has 1 unspecified atom stereocenters. The molecule has 3 aliphatic rings. The number of hydrogen-bond donors (Lipinski definition) is 2. The molecule has 6 heteroatoms. The molecule has 4 rings (SSSR count). The minimum Gasteiger partial charge on any atom is -0.493 e. The summed E-state index contributed by atoms with van der Waals surface area (Å²) < 4.78 is 11.8. The molecule has 1 saturated heterocycles. The maximum Gasteiger partial charge on any atom is 0.124 e. The van der Waals surface area contributed by atoms with E-state index in [1.54, 1.807) is 0 Å². The molecule has 2 N–H and O–H groups in total. The SMILES string of the molecule is C/C(C(=N)N1CCC(Oc2ccc3c(c2)CCO3)CC1)=C(\C)C1=NCC(C)CN1. The van der Waals surface area contributed by atoms with E-state index >= 15 is 0 Å². The monoisotopic (exact) mass is 396 g/mol. The van der Waals surface area contributed by atoms with Crippen molar-refractivity contribution in [2.75, 3.05) is 32.8 Å². The van der Waals surface area contributed by atoms with Gasteiger partial charge in [0, 0.05) is 51.0 Å². The number of aliphatic imine (C=N–C) groups is 1. The molecule has 1 atom stereocenters. The fourth-order valence-corrected chi connectivity index (χ4v) is 4.11. The first-order chi connectivity index (χ1) is 14.0. The Morgan fingerprint density at radius 3 is 2.79 bits per heavy atom. The average molecular weight is 397 g/mol. The van der Waals surface area contributed by atoms with E-state index in [1.165, 1.54) is 5.56 Å². The van der Waals surface area contributed by atoms with Crippen molar-refractivity contribution in [2.24, 2.45) is 10.9 Å². The second-order valence-electron chi connectivity index (χ2n) is 8.45. The zero-order chi connectivity index (χ0) is 20.4. The van der Waals surface area contributed by atoms with Crippen molar-refractivity contribution in [3.8, 4) is 11.5 Å². The summed E-state index contributed by atoms with van der Waals surface area (Å²) in [5.41, 5.74) is 3.33. The Balaban J connectivity index is 1.33. The van der Waals surface area contributed by atoms with Crippen molar-refractivity contribution < 1.29 is 9.47 Å². The number of fused-ring (bicyclic) bond motifs is 1. The highest BCUT2D eigenvalue weighted by molar-refractivity contribution is 6.07. The molecule has 0 amide bonds. The number of nitrogens with zero attached hydrogens (tertiary/aromatic N) is 2. The average Bonchev–Trinajstić information content (AvgIpc) is 3.21. The number of amidine groups is 2. The van der Waals surface area contributed by atoms with Crippen molar-refractivity contribution >= 4 is 11.7 Å². The molecular formula is C23H32N4O2. The van der Waals surface area contributed by atoms with E-state index in [0.29, 0.717) is 11.8 Å². The second kappa shape index (κ2) is 8.47. The molecule has 29 heavy (non-hydrogen) atoms. The van der Waals surface area contributed by atoms with Gasteiger partial charge in [-0.15, -0.1) is 0 Å². The molecule has 1 aromatic carbocycles. The number of piperidine rings is 1. The number of ether oxygens (including phenoxy) is 2. The fourth-order valence-electron chi connectivity index (χ4n) is 4.11. The van der Waals surface area contributed by atoms with Gasteiger partial charge < -0.3 is 19.7 Å². The van der Waals surface area contributed by atoms with Crippen molar-refractivity contribution in [2.45, 2.75) is 46.1 Å². The van der Waals surface area contributed by atoms with Crippen molar-refractivity contribution in [3.05, 3.63) is 34.9 Å². The molecule has 1 aromatic rings. The minimum absolute atomic E-state index is 0.204. The molecule has 0 bridgehead atoms. The van der Waals surface area contributed by atoms with Crippen LogP contribution in [0.3, 0.4) is 0 Å². The van der Waals surface area contributed by atoms with Crippen LogP contribution >= 0.6 is 0 Å². The van der Waals surface area contributed by atoms with Gasteiger partial charge >= 0.3 is 0 Å². The lowest BCUT2D eigenvalue weighted by Crippen LogP contribution is -2.42. The van der Waals surface area contributed by atoms with Crippen molar-refractivity contribution in [1.29, 1.82) is 5.41 Å². The summed E-state index contributed by atoms with van der Waals surface area (Å²) in [7, 11) is 0. The normalized spacial score (nSPS) is 22.8. The van der Waals surface area contributed by atoms with Crippen LogP contribution in [0.4, 0.5) is 0 Å². The van der Waals surface area contributed by atoms with Crippen LogP contribution in [0.15, 0.2) is 34.3 Å². The largest absolute Gasteiger partial charge is 0.493 e. The summed E-state index contributed by atoms with van der Waals surface area (Å²) >= 11 is 0. The Labute approximate surface area is 173 Å². The van der Waals surface area contributed by atoms with E-state index in [4.69, 9.17) is 14.9 Å². The first-order valence-electron chi connectivity index (χ1n) is 10.7. The number of hydrogen-bond acceptors (Lipinski definition) is 5. The first kappa shape index (κ1) is 19.8. The van der Waals surface area contributed by atoms with E-state index in [0.717, 1.165) is 80.5 Å². The lowest BCUT2D eigenvalue weighted by Gasteiger charge is -2.34. The maximum atomic E-state index is 8.68. The second-order valence-corrected chi connectivity index (χ2v) is 8.45. The van der Waals surface area contributed by atoms with Gasteiger partial charge in [-0.2, -0.15) is 0 Å². The lowest BCUT2D eigenvalue weighted by molar-refractivity contribution is 0.131. The third-order valence-electron chi connectivity index (χ3n) is 6.17. The van der Waals surface area contributed by atoms with Gasteiger partial charge in [-0.05, 0) is 49.1 Å². The van der Waals surface area contributed by atoms with Crippen LogP contribution in [0, 0.1) is 11.3 Å². The number of likely N-dealkylation sites (tertiary alicyclic amines) is 1. The zero-order valence-electron chi connectivity index (χ0n) is 17.8. The number of rotatable bonds is 4. The quantitative estimate of drug-likeness (QED) is 0.604. The summed E-state index contributed by atoms with van der Waals surface area (Å²) in [5.74, 6) is 4.06. The molecule has 0 aromatic heterocycles. The van der Waals surface area contributed by atoms with Gasteiger partial charge in [0.15, 0.2) is 0 Å².